The molecular weight excluding hydrogens is 258 g/mol. The normalized spacial score (nSPS) is 26.1. The van der Waals surface area contributed by atoms with Gasteiger partial charge in [0.1, 0.15) is 0 Å². The molecule has 1 fully saturated rings. The highest BCUT2D eigenvalue weighted by Gasteiger charge is 2.48. The van der Waals surface area contributed by atoms with Crippen molar-refractivity contribution in [1.29, 1.82) is 0 Å². The molecule has 0 amide bonds. The predicted octanol–water partition coefficient (Wildman–Crippen LogP) is 3.43. The highest BCUT2D eigenvalue weighted by molar-refractivity contribution is 9.10. The lowest BCUT2D eigenvalue weighted by Crippen LogP contribution is -2.26. The molecule has 0 radical (unpaired) electrons. The molecule has 1 nitrogen and oxygen atoms in total. The predicted molar refractivity (Wildman–Crippen MR) is 65.6 cm³/mol. The van der Waals surface area contributed by atoms with Gasteiger partial charge in [-0.1, -0.05) is 13.8 Å². The van der Waals surface area contributed by atoms with Crippen LogP contribution in [0.1, 0.15) is 25.1 Å². The average molecular weight is 274 g/mol. The molecule has 1 aromatic rings. The fourth-order valence-corrected chi connectivity index (χ4v) is 3.60. The van der Waals surface area contributed by atoms with E-state index in [9.17, 15) is 0 Å². The molecule has 2 rings (SSSR count). The van der Waals surface area contributed by atoms with Crippen molar-refractivity contribution in [3.63, 3.8) is 0 Å². The number of halogens is 1. The van der Waals surface area contributed by atoms with Gasteiger partial charge >= 0.3 is 0 Å². The maximum atomic E-state index is 6.19. The van der Waals surface area contributed by atoms with E-state index in [0.717, 1.165) is 12.3 Å². The summed E-state index contributed by atoms with van der Waals surface area (Å²) in [4.78, 5) is 1.40. The zero-order chi connectivity index (χ0) is 10.3. The molecule has 2 atom stereocenters. The molecule has 3 heteroatoms. The van der Waals surface area contributed by atoms with Gasteiger partial charge in [-0.2, -0.15) is 0 Å². The third-order valence-electron chi connectivity index (χ3n) is 3.17. The molecule has 0 bridgehead atoms. The quantitative estimate of drug-likeness (QED) is 0.898. The summed E-state index contributed by atoms with van der Waals surface area (Å²) in [5.41, 5.74) is 6.68. The topological polar surface area (TPSA) is 26.0 Å². The Labute approximate surface area is 97.8 Å². The van der Waals surface area contributed by atoms with E-state index in [2.05, 4.69) is 41.2 Å². The Hall–Kier alpha value is 0.140. The van der Waals surface area contributed by atoms with Crippen molar-refractivity contribution >= 4 is 27.3 Å². The molecule has 2 unspecified atom stereocenters. The van der Waals surface area contributed by atoms with Gasteiger partial charge in [-0.05, 0) is 46.2 Å². The maximum Gasteiger partial charge on any atom is 0.0285 e. The number of hydrogen-bond donors (Lipinski definition) is 1. The Morgan fingerprint density at radius 2 is 2.36 bits per heavy atom. The summed E-state index contributed by atoms with van der Waals surface area (Å²) in [5, 5.41) is 2.13. The standard InChI is InChI=1S/C11H16BrNS/c1-11(2)5-9(11)10(13)4-8-3-7(12)6-14-8/h3,6,9-10H,4-5,13H2,1-2H3. The van der Waals surface area contributed by atoms with Gasteiger partial charge in [-0.3, -0.25) is 0 Å². The lowest BCUT2D eigenvalue weighted by Gasteiger charge is -2.11. The number of rotatable bonds is 3. The molecule has 1 aliphatic carbocycles. The number of nitrogens with two attached hydrogens (primary N) is 1. The van der Waals surface area contributed by atoms with Crippen LogP contribution in [0, 0.1) is 11.3 Å². The Bertz CT molecular complexity index is 332. The van der Waals surface area contributed by atoms with Crippen molar-refractivity contribution in [2.24, 2.45) is 17.1 Å². The van der Waals surface area contributed by atoms with Crippen molar-refractivity contribution < 1.29 is 0 Å². The van der Waals surface area contributed by atoms with E-state index in [1.807, 2.05) is 0 Å². The van der Waals surface area contributed by atoms with Gasteiger partial charge in [0.15, 0.2) is 0 Å². The summed E-state index contributed by atoms with van der Waals surface area (Å²) >= 11 is 5.26. The van der Waals surface area contributed by atoms with Crippen LogP contribution in [0.2, 0.25) is 0 Å². The Balaban J connectivity index is 1.93. The van der Waals surface area contributed by atoms with Crippen molar-refractivity contribution in [2.75, 3.05) is 0 Å². The zero-order valence-corrected chi connectivity index (χ0v) is 11.0. The highest BCUT2D eigenvalue weighted by Crippen LogP contribution is 2.53. The summed E-state index contributed by atoms with van der Waals surface area (Å²) in [6, 6.07) is 2.52. The smallest absolute Gasteiger partial charge is 0.0285 e. The van der Waals surface area contributed by atoms with Crippen LogP contribution < -0.4 is 5.73 Å². The SMILES string of the molecule is CC1(C)CC1C(N)Cc1cc(Br)cs1. The van der Waals surface area contributed by atoms with Gasteiger partial charge in [0, 0.05) is 20.8 Å². The van der Waals surface area contributed by atoms with Crippen LogP contribution in [0.5, 0.6) is 0 Å². The van der Waals surface area contributed by atoms with Crippen molar-refractivity contribution in [2.45, 2.75) is 32.7 Å². The fourth-order valence-electron chi connectivity index (χ4n) is 2.07. The van der Waals surface area contributed by atoms with Gasteiger partial charge in [-0.15, -0.1) is 11.3 Å². The Kier molecular flexibility index (Phi) is 2.75. The first-order valence-electron chi connectivity index (χ1n) is 4.97. The first-order valence-corrected chi connectivity index (χ1v) is 6.65. The second-order valence-corrected chi connectivity index (χ2v) is 6.81. The highest BCUT2D eigenvalue weighted by atomic mass is 79.9. The second kappa shape index (κ2) is 3.62. The number of thiophene rings is 1. The first-order chi connectivity index (χ1) is 6.49. The Morgan fingerprint density at radius 3 is 2.79 bits per heavy atom. The van der Waals surface area contributed by atoms with Crippen LogP contribution in [0.4, 0.5) is 0 Å². The number of hydrogen-bond acceptors (Lipinski definition) is 2. The van der Waals surface area contributed by atoms with Crippen molar-refractivity contribution in [3.8, 4) is 0 Å². The van der Waals surface area contributed by atoms with E-state index >= 15 is 0 Å². The summed E-state index contributed by atoms with van der Waals surface area (Å²) < 4.78 is 1.18. The maximum absolute atomic E-state index is 6.19. The van der Waals surface area contributed by atoms with Crippen molar-refractivity contribution in [1.82, 2.24) is 0 Å². The molecular formula is C11H16BrNS. The molecule has 1 heterocycles. The van der Waals surface area contributed by atoms with Crippen molar-refractivity contribution in [3.05, 3.63) is 20.8 Å². The van der Waals surface area contributed by atoms with Gasteiger partial charge in [0.25, 0.3) is 0 Å². The summed E-state index contributed by atoms with van der Waals surface area (Å²) in [7, 11) is 0. The summed E-state index contributed by atoms with van der Waals surface area (Å²) in [5.74, 6) is 0.725. The molecule has 0 spiro atoms. The molecule has 0 aliphatic heterocycles. The van der Waals surface area contributed by atoms with Crippen LogP contribution in [0.15, 0.2) is 15.9 Å². The van der Waals surface area contributed by atoms with E-state index in [1.165, 1.54) is 15.8 Å². The van der Waals surface area contributed by atoms with Gasteiger partial charge in [0.2, 0.25) is 0 Å². The van der Waals surface area contributed by atoms with Gasteiger partial charge < -0.3 is 5.73 Å². The fraction of sp³-hybridized carbons (Fsp3) is 0.636. The van der Waals surface area contributed by atoms with E-state index in [4.69, 9.17) is 5.73 Å². The van der Waals surface area contributed by atoms with E-state index in [1.54, 1.807) is 11.3 Å². The second-order valence-electron chi connectivity index (χ2n) is 4.90. The molecule has 1 saturated carbocycles. The average Bonchev–Trinajstić information content (AvgIpc) is 2.51. The van der Waals surface area contributed by atoms with E-state index in [0.29, 0.717) is 11.5 Å². The molecule has 14 heavy (non-hydrogen) atoms. The van der Waals surface area contributed by atoms with Crippen LogP contribution >= 0.6 is 27.3 Å². The van der Waals surface area contributed by atoms with Gasteiger partial charge in [0.05, 0.1) is 0 Å². The van der Waals surface area contributed by atoms with Crippen LogP contribution in [-0.4, -0.2) is 6.04 Å². The Morgan fingerprint density at radius 1 is 1.71 bits per heavy atom. The lowest BCUT2D eigenvalue weighted by molar-refractivity contribution is 0.478. The molecule has 78 valence electrons. The molecule has 1 aromatic heterocycles. The van der Waals surface area contributed by atoms with Crippen LogP contribution in [0.3, 0.4) is 0 Å². The lowest BCUT2D eigenvalue weighted by atomic mass is 10.0. The minimum atomic E-state index is 0.343. The first kappa shape index (κ1) is 10.7. The molecule has 0 saturated heterocycles. The minimum Gasteiger partial charge on any atom is -0.327 e. The van der Waals surface area contributed by atoms with E-state index < -0.39 is 0 Å². The zero-order valence-electron chi connectivity index (χ0n) is 8.59. The van der Waals surface area contributed by atoms with Gasteiger partial charge in [-0.25, -0.2) is 0 Å². The van der Waals surface area contributed by atoms with Crippen LogP contribution in [-0.2, 0) is 6.42 Å². The summed E-state index contributed by atoms with van der Waals surface area (Å²) in [6.07, 6.45) is 2.32. The minimum absolute atomic E-state index is 0.343. The molecule has 1 aliphatic rings. The third-order valence-corrected chi connectivity index (χ3v) is 4.89. The summed E-state index contributed by atoms with van der Waals surface area (Å²) in [6.45, 7) is 4.61. The van der Waals surface area contributed by atoms with Crippen LogP contribution in [0.25, 0.3) is 0 Å². The monoisotopic (exact) mass is 273 g/mol. The molecule has 0 aromatic carbocycles. The molecule has 2 N–H and O–H groups in total. The van der Waals surface area contributed by atoms with E-state index in [-0.39, 0.29) is 0 Å². The third kappa shape index (κ3) is 2.20. The largest absolute Gasteiger partial charge is 0.327 e.